The summed E-state index contributed by atoms with van der Waals surface area (Å²) >= 11 is 0. The van der Waals surface area contributed by atoms with Gasteiger partial charge in [-0.3, -0.25) is 0 Å². The number of hydrogen-bond donors (Lipinski definition) is 2. The second-order valence-corrected chi connectivity index (χ2v) is 5.17. The summed E-state index contributed by atoms with van der Waals surface area (Å²) < 4.78 is 0. The maximum Gasteiger partial charge on any atom is 0.343 e. The first-order chi connectivity index (χ1) is 7.80. The molecule has 4 nitrogen and oxygen atoms in total. The van der Waals surface area contributed by atoms with Crippen molar-refractivity contribution in [1.29, 1.82) is 0 Å². The van der Waals surface area contributed by atoms with E-state index in [9.17, 15) is 9.59 Å². The lowest BCUT2D eigenvalue weighted by Gasteiger charge is -2.41. The van der Waals surface area contributed by atoms with Gasteiger partial charge in [0, 0.05) is 0 Å². The van der Waals surface area contributed by atoms with E-state index >= 15 is 0 Å². The summed E-state index contributed by atoms with van der Waals surface area (Å²) in [6.07, 6.45) is 4.06. The molecular weight excluding hydrogens is 220 g/mol. The van der Waals surface area contributed by atoms with Crippen molar-refractivity contribution in [1.82, 2.24) is 0 Å². The van der Waals surface area contributed by atoms with E-state index in [1.807, 2.05) is 6.92 Å². The molecule has 0 bridgehead atoms. The molecule has 1 aliphatic carbocycles. The molecule has 1 fully saturated rings. The molecule has 2 atom stereocenters. The lowest BCUT2D eigenvalue weighted by molar-refractivity contribution is -0.140. The molecule has 1 saturated carbocycles. The first-order valence-electron chi connectivity index (χ1n) is 5.98. The average molecular weight is 240 g/mol. The van der Waals surface area contributed by atoms with E-state index in [0.717, 1.165) is 25.7 Å². The van der Waals surface area contributed by atoms with Crippen molar-refractivity contribution in [3.05, 3.63) is 11.1 Å². The van der Waals surface area contributed by atoms with Crippen LogP contribution >= 0.6 is 0 Å². The summed E-state index contributed by atoms with van der Waals surface area (Å²) in [5.41, 5.74) is -0.254. The van der Waals surface area contributed by atoms with Crippen LogP contribution in [0.5, 0.6) is 0 Å². The van der Waals surface area contributed by atoms with Crippen LogP contribution in [0.4, 0.5) is 0 Å². The fraction of sp³-hybridized carbons (Fsp3) is 0.692. The van der Waals surface area contributed by atoms with E-state index in [1.54, 1.807) is 6.92 Å². The van der Waals surface area contributed by atoms with E-state index < -0.39 is 17.5 Å². The van der Waals surface area contributed by atoms with Crippen LogP contribution in [0.1, 0.15) is 46.5 Å². The van der Waals surface area contributed by atoms with Crippen LogP contribution in [0.3, 0.4) is 0 Å². The molecule has 0 aromatic rings. The Morgan fingerprint density at radius 2 is 1.71 bits per heavy atom. The van der Waals surface area contributed by atoms with Gasteiger partial charge in [0.15, 0.2) is 0 Å². The highest BCUT2D eigenvalue weighted by Gasteiger charge is 2.38. The molecule has 0 saturated heterocycles. The molecule has 0 amide bonds. The van der Waals surface area contributed by atoms with Gasteiger partial charge in [-0.15, -0.1) is 0 Å². The second kappa shape index (κ2) is 4.90. The molecule has 1 rings (SSSR count). The Morgan fingerprint density at radius 1 is 1.18 bits per heavy atom. The minimum Gasteiger partial charge on any atom is -0.477 e. The van der Waals surface area contributed by atoms with Crippen LogP contribution in [-0.2, 0) is 9.59 Å². The van der Waals surface area contributed by atoms with Crippen molar-refractivity contribution in [2.24, 2.45) is 11.3 Å². The topological polar surface area (TPSA) is 74.6 Å². The molecule has 17 heavy (non-hydrogen) atoms. The number of allylic oxidation sites excluding steroid dienone is 1. The molecule has 0 aromatic heterocycles. The largest absolute Gasteiger partial charge is 0.477 e. The van der Waals surface area contributed by atoms with Crippen molar-refractivity contribution in [2.45, 2.75) is 46.5 Å². The zero-order chi connectivity index (χ0) is 13.2. The Hall–Kier alpha value is -1.32. The van der Waals surface area contributed by atoms with Gasteiger partial charge in [0.25, 0.3) is 0 Å². The van der Waals surface area contributed by atoms with Crippen molar-refractivity contribution in [3.8, 4) is 0 Å². The van der Waals surface area contributed by atoms with E-state index in [4.69, 9.17) is 10.2 Å². The normalized spacial score (nSPS) is 28.5. The van der Waals surface area contributed by atoms with Crippen LogP contribution in [-0.4, -0.2) is 22.2 Å². The van der Waals surface area contributed by atoms with Crippen LogP contribution in [0.25, 0.3) is 0 Å². The summed E-state index contributed by atoms with van der Waals surface area (Å²) in [6, 6.07) is 0. The molecular formula is C13H20O4. The smallest absolute Gasteiger partial charge is 0.343 e. The van der Waals surface area contributed by atoms with Gasteiger partial charge in [0.2, 0.25) is 0 Å². The predicted molar refractivity (Wildman–Crippen MR) is 63.7 cm³/mol. The molecule has 1 aliphatic rings. The predicted octanol–water partition coefficient (Wildman–Crippen LogP) is 2.69. The zero-order valence-electron chi connectivity index (χ0n) is 10.6. The maximum atomic E-state index is 11.0. The Kier molecular flexibility index (Phi) is 3.96. The summed E-state index contributed by atoms with van der Waals surface area (Å²) in [5, 5.41) is 18.0. The van der Waals surface area contributed by atoms with Gasteiger partial charge >= 0.3 is 11.9 Å². The average Bonchev–Trinajstić information content (AvgIpc) is 2.21. The molecule has 0 aliphatic heterocycles. The quantitative estimate of drug-likeness (QED) is 0.452. The van der Waals surface area contributed by atoms with Crippen LogP contribution in [0.2, 0.25) is 0 Å². The van der Waals surface area contributed by atoms with Gasteiger partial charge in [-0.1, -0.05) is 26.7 Å². The molecule has 2 N–H and O–H groups in total. The fourth-order valence-corrected chi connectivity index (χ4v) is 2.76. The molecule has 0 spiro atoms. The van der Waals surface area contributed by atoms with Gasteiger partial charge in [0.1, 0.15) is 5.57 Å². The van der Waals surface area contributed by atoms with E-state index in [-0.39, 0.29) is 5.41 Å². The standard InChI is InChI=1S/C13H20O4/c1-8-6-4-5-7-13(8,3)9(2)10(11(14)15)12(16)17/h8H,4-7H2,1-3H3,(H,14,15)(H,16,17). The first kappa shape index (κ1) is 13.7. The Labute approximate surface area is 101 Å². The Balaban J connectivity index is 3.23. The highest BCUT2D eigenvalue weighted by atomic mass is 16.4. The van der Waals surface area contributed by atoms with Gasteiger partial charge in [-0.05, 0) is 36.7 Å². The summed E-state index contributed by atoms with van der Waals surface area (Å²) in [5.74, 6) is -2.35. The molecule has 0 heterocycles. The number of hydrogen-bond acceptors (Lipinski definition) is 2. The van der Waals surface area contributed by atoms with Crippen molar-refractivity contribution in [3.63, 3.8) is 0 Å². The lowest BCUT2D eigenvalue weighted by Crippen LogP contribution is -2.33. The summed E-state index contributed by atoms with van der Waals surface area (Å²) in [6.45, 7) is 5.71. The fourth-order valence-electron chi connectivity index (χ4n) is 2.76. The number of carbonyl (C=O) groups is 2. The highest BCUT2D eigenvalue weighted by molar-refractivity contribution is 6.13. The second-order valence-electron chi connectivity index (χ2n) is 5.17. The zero-order valence-corrected chi connectivity index (χ0v) is 10.6. The van der Waals surface area contributed by atoms with Gasteiger partial charge in [-0.25, -0.2) is 9.59 Å². The number of rotatable bonds is 3. The van der Waals surface area contributed by atoms with Gasteiger partial charge in [0.05, 0.1) is 0 Å². The van der Waals surface area contributed by atoms with Gasteiger partial charge < -0.3 is 10.2 Å². The monoisotopic (exact) mass is 240 g/mol. The first-order valence-corrected chi connectivity index (χ1v) is 5.98. The third-order valence-corrected chi connectivity index (χ3v) is 4.33. The Bertz CT molecular complexity index is 354. The third-order valence-electron chi connectivity index (χ3n) is 4.33. The van der Waals surface area contributed by atoms with Crippen molar-refractivity contribution < 1.29 is 19.8 Å². The minimum atomic E-state index is -1.34. The number of carboxylic acid groups (broad SMARTS) is 2. The SMILES string of the molecule is CC(=C(C(=O)O)C(=O)O)C1(C)CCCCC1C. The number of carboxylic acids is 2. The van der Waals surface area contributed by atoms with Gasteiger partial charge in [-0.2, -0.15) is 0 Å². The van der Waals surface area contributed by atoms with Crippen molar-refractivity contribution >= 4 is 11.9 Å². The Morgan fingerprint density at radius 3 is 2.12 bits per heavy atom. The summed E-state index contributed by atoms with van der Waals surface area (Å²) in [7, 11) is 0. The molecule has 0 aromatic carbocycles. The number of aliphatic carboxylic acids is 2. The summed E-state index contributed by atoms with van der Waals surface area (Å²) in [4.78, 5) is 22.1. The van der Waals surface area contributed by atoms with E-state index in [2.05, 4.69) is 6.92 Å². The van der Waals surface area contributed by atoms with Crippen molar-refractivity contribution in [2.75, 3.05) is 0 Å². The highest BCUT2D eigenvalue weighted by Crippen LogP contribution is 2.47. The molecule has 2 unspecified atom stereocenters. The van der Waals surface area contributed by atoms with E-state index in [1.165, 1.54) is 0 Å². The minimum absolute atomic E-state index is 0.301. The van der Waals surface area contributed by atoms with Crippen LogP contribution in [0, 0.1) is 11.3 Å². The lowest BCUT2D eigenvalue weighted by atomic mass is 9.63. The molecule has 96 valence electrons. The van der Waals surface area contributed by atoms with E-state index in [0.29, 0.717) is 11.5 Å². The van der Waals surface area contributed by atoms with Crippen LogP contribution in [0.15, 0.2) is 11.1 Å². The maximum absolute atomic E-state index is 11.0. The molecule has 0 radical (unpaired) electrons. The third kappa shape index (κ3) is 2.51. The van der Waals surface area contributed by atoms with Crippen LogP contribution < -0.4 is 0 Å². The molecule has 4 heteroatoms.